The Morgan fingerprint density at radius 3 is 2.56 bits per heavy atom. The number of anilines is 1. The maximum absolute atomic E-state index is 12.4. The number of aromatic nitrogens is 4. The molecule has 8 heteroatoms. The first kappa shape index (κ1) is 16.6. The van der Waals surface area contributed by atoms with Gasteiger partial charge in [0.25, 0.3) is 11.3 Å². The average Bonchev–Trinajstić information content (AvgIpc) is 3.12. The number of rotatable bonds is 5. The number of phenols is 1. The summed E-state index contributed by atoms with van der Waals surface area (Å²) in [5, 5.41) is 15.4. The van der Waals surface area contributed by atoms with E-state index in [1.54, 1.807) is 31.4 Å². The SMILES string of the molecule is COc1ccc(-c2nc3nc(CNc4ccc(O)cc4)cc(=O)n3[nH]2)cc1. The largest absolute Gasteiger partial charge is 0.508 e. The van der Waals surface area contributed by atoms with E-state index in [4.69, 9.17) is 4.74 Å². The van der Waals surface area contributed by atoms with Crippen LogP contribution in [0.3, 0.4) is 0 Å². The van der Waals surface area contributed by atoms with Crippen LogP contribution in [0, 0.1) is 0 Å². The number of methoxy groups -OCH3 is 1. The Labute approximate surface area is 154 Å². The lowest BCUT2D eigenvalue weighted by atomic mass is 10.2. The molecule has 0 radical (unpaired) electrons. The molecule has 8 nitrogen and oxygen atoms in total. The molecule has 0 fully saturated rings. The van der Waals surface area contributed by atoms with E-state index in [0.29, 0.717) is 23.8 Å². The molecule has 4 rings (SSSR count). The van der Waals surface area contributed by atoms with Gasteiger partial charge in [0.2, 0.25) is 0 Å². The summed E-state index contributed by atoms with van der Waals surface area (Å²) < 4.78 is 6.46. The van der Waals surface area contributed by atoms with E-state index in [1.807, 2.05) is 24.3 Å². The summed E-state index contributed by atoms with van der Waals surface area (Å²) in [6.07, 6.45) is 0. The summed E-state index contributed by atoms with van der Waals surface area (Å²) >= 11 is 0. The number of phenolic OH excluding ortho intramolecular Hbond substituents is 1. The van der Waals surface area contributed by atoms with Crippen molar-refractivity contribution in [3.63, 3.8) is 0 Å². The first-order chi connectivity index (χ1) is 13.1. The van der Waals surface area contributed by atoms with Gasteiger partial charge in [-0.1, -0.05) is 0 Å². The smallest absolute Gasteiger partial charge is 0.274 e. The van der Waals surface area contributed by atoms with E-state index in [1.165, 1.54) is 10.6 Å². The Kier molecular flexibility index (Phi) is 4.21. The Hall–Kier alpha value is -3.81. The van der Waals surface area contributed by atoms with Crippen molar-refractivity contribution < 1.29 is 9.84 Å². The topological polar surface area (TPSA) is 105 Å². The van der Waals surface area contributed by atoms with Crippen LogP contribution in [0.2, 0.25) is 0 Å². The molecule has 0 aliphatic rings. The standard InChI is InChI=1S/C19H17N5O3/c1-27-16-8-2-12(3-9-16)18-22-19-21-14(10-17(26)24(19)23-18)11-20-13-4-6-15(25)7-5-13/h2-10,20,25H,11H2,1H3,(H,21,22,23). The van der Waals surface area contributed by atoms with Gasteiger partial charge in [0, 0.05) is 17.3 Å². The summed E-state index contributed by atoms with van der Waals surface area (Å²) in [4.78, 5) is 21.2. The van der Waals surface area contributed by atoms with Gasteiger partial charge in [-0.3, -0.25) is 9.89 Å². The van der Waals surface area contributed by atoms with Crippen LogP contribution in [-0.4, -0.2) is 31.8 Å². The molecule has 0 amide bonds. The number of fused-ring (bicyclic) bond motifs is 1. The molecule has 27 heavy (non-hydrogen) atoms. The van der Waals surface area contributed by atoms with Gasteiger partial charge in [-0.25, -0.2) is 4.98 Å². The zero-order valence-corrected chi connectivity index (χ0v) is 14.5. The van der Waals surface area contributed by atoms with Crippen molar-refractivity contribution in [2.75, 3.05) is 12.4 Å². The Balaban J connectivity index is 1.60. The second-order valence-electron chi connectivity index (χ2n) is 5.92. The molecule has 0 unspecified atom stereocenters. The second kappa shape index (κ2) is 6.83. The minimum atomic E-state index is -0.241. The van der Waals surface area contributed by atoms with E-state index in [2.05, 4.69) is 20.4 Å². The third-order valence-corrected chi connectivity index (χ3v) is 4.09. The average molecular weight is 363 g/mol. The second-order valence-corrected chi connectivity index (χ2v) is 5.92. The number of aromatic amines is 1. The fourth-order valence-corrected chi connectivity index (χ4v) is 2.67. The van der Waals surface area contributed by atoms with Crippen LogP contribution < -0.4 is 15.6 Å². The minimum Gasteiger partial charge on any atom is -0.508 e. The summed E-state index contributed by atoms with van der Waals surface area (Å²) in [6.45, 7) is 0.362. The molecule has 136 valence electrons. The van der Waals surface area contributed by atoms with Crippen LogP contribution in [-0.2, 0) is 6.54 Å². The molecule has 0 aliphatic carbocycles. The predicted octanol–water partition coefficient (Wildman–Crippen LogP) is 2.41. The molecule has 0 spiro atoms. The van der Waals surface area contributed by atoms with Crippen LogP contribution in [0.15, 0.2) is 59.4 Å². The first-order valence-corrected chi connectivity index (χ1v) is 8.28. The van der Waals surface area contributed by atoms with Gasteiger partial charge < -0.3 is 15.2 Å². The number of nitrogens with one attached hydrogen (secondary N) is 2. The lowest BCUT2D eigenvalue weighted by molar-refractivity contribution is 0.415. The molecule has 2 aromatic heterocycles. The van der Waals surface area contributed by atoms with Gasteiger partial charge in [-0.05, 0) is 48.5 Å². The third kappa shape index (κ3) is 3.45. The fourth-order valence-electron chi connectivity index (χ4n) is 2.67. The van der Waals surface area contributed by atoms with E-state index >= 15 is 0 Å². The zero-order chi connectivity index (χ0) is 18.8. The maximum Gasteiger partial charge on any atom is 0.274 e. The molecule has 4 aromatic rings. The number of benzene rings is 2. The van der Waals surface area contributed by atoms with Crippen molar-refractivity contribution in [3.8, 4) is 22.9 Å². The number of hydrogen-bond donors (Lipinski definition) is 3. The van der Waals surface area contributed by atoms with Gasteiger partial charge in [-0.2, -0.15) is 9.50 Å². The molecule has 0 atom stereocenters. The lowest BCUT2D eigenvalue weighted by Crippen LogP contribution is -2.17. The lowest BCUT2D eigenvalue weighted by Gasteiger charge is -2.05. The number of aromatic hydroxyl groups is 1. The summed E-state index contributed by atoms with van der Waals surface area (Å²) in [6, 6.07) is 15.5. The quantitative estimate of drug-likeness (QED) is 0.470. The molecule has 0 saturated heterocycles. The van der Waals surface area contributed by atoms with Crippen molar-refractivity contribution >= 4 is 11.5 Å². The minimum absolute atomic E-state index is 0.195. The molecule has 0 saturated carbocycles. The van der Waals surface area contributed by atoms with Crippen LogP contribution in [0.25, 0.3) is 17.2 Å². The fraction of sp³-hybridized carbons (Fsp3) is 0.105. The van der Waals surface area contributed by atoms with Crippen molar-refractivity contribution in [1.82, 2.24) is 19.6 Å². The summed E-state index contributed by atoms with van der Waals surface area (Å²) in [5.41, 5.74) is 1.97. The number of nitrogens with zero attached hydrogens (tertiary/aromatic N) is 3. The number of H-pyrrole nitrogens is 1. The molecule has 2 aromatic carbocycles. The van der Waals surface area contributed by atoms with Crippen LogP contribution in [0.1, 0.15) is 5.69 Å². The van der Waals surface area contributed by atoms with Crippen LogP contribution in [0.4, 0.5) is 5.69 Å². The van der Waals surface area contributed by atoms with Gasteiger partial charge in [0.1, 0.15) is 11.5 Å². The molecule has 3 N–H and O–H groups in total. The summed E-state index contributed by atoms with van der Waals surface area (Å²) in [5.74, 6) is 1.79. The van der Waals surface area contributed by atoms with Gasteiger partial charge in [-0.15, -0.1) is 0 Å². The Bertz CT molecular complexity index is 1130. The van der Waals surface area contributed by atoms with E-state index in [0.717, 1.165) is 17.0 Å². The third-order valence-electron chi connectivity index (χ3n) is 4.09. The normalized spacial score (nSPS) is 10.9. The summed E-state index contributed by atoms with van der Waals surface area (Å²) in [7, 11) is 1.60. The number of hydrogen-bond acceptors (Lipinski definition) is 6. The molecular formula is C19H17N5O3. The highest BCUT2D eigenvalue weighted by Crippen LogP contribution is 2.19. The predicted molar refractivity (Wildman–Crippen MR) is 101 cm³/mol. The molecular weight excluding hydrogens is 346 g/mol. The molecule has 0 bridgehead atoms. The van der Waals surface area contributed by atoms with Gasteiger partial charge in [0.05, 0.1) is 19.3 Å². The highest BCUT2D eigenvalue weighted by molar-refractivity contribution is 5.58. The number of ether oxygens (including phenoxy) is 1. The van der Waals surface area contributed by atoms with E-state index in [-0.39, 0.29) is 11.3 Å². The highest BCUT2D eigenvalue weighted by atomic mass is 16.5. The van der Waals surface area contributed by atoms with Crippen molar-refractivity contribution in [2.45, 2.75) is 6.54 Å². The van der Waals surface area contributed by atoms with Gasteiger partial charge >= 0.3 is 0 Å². The molecule has 0 aliphatic heterocycles. The van der Waals surface area contributed by atoms with Crippen LogP contribution in [0.5, 0.6) is 11.5 Å². The monoisotopic (exact) mass is 363 g/mol. The highest BCUT2D eigenvalue weighted by Gasteiger charge is 2.10. The van der Waals surface area contributed by atoms with E-state index < -0.39 is 0 Å². The van der Waals surface area contributed by atoms with Crippen molar-refractivity contribution in [3.05, 3.63) is 70.6 Å². The Morgan fingerprint density at radius 2 is 1.85 bits per heavy atom. The van der Waals surface area contributed by atoms with Gasteiger partial charge in [0.15, 0.2) is 5.82 Å². The van der Waals surface area contributed by atoms with Crippen molar-refractivity contribution in [1.29, 1.82) is 0 Å². The molecule has 2 heterocycles. The Morgan fingerprint density at radius 1 is 1.11 bits per heavy atom. The van der Waals surface area contributed by atoms with Crippen LogP contribution >= 0.6 is 0 Å². The zero-order valence-electron chi connectivity index (χ0n) is 14.5. The van der Waals surface area contributed by atoms with E-state index in [9.17, 15) is 9.90 Å². The van der Waals surface area contributed by atoms with Crippen molar-refractivity contribution in [2.24, 2.45) is 0 Å². The maximum atomic E-state index is 12.4. The first-order valence-electron chi connectivity index (χ1n) is 8.28.